The topological polar surface area (TPSA) is 43.6 Å². The van der Waals surface area contributed by atoms with Crippen LogP contribution in [0.2, 0.25) is 0 Å². The lowest BCUT2D eigenvalue weighted by Gasteiger charge is -2.39. The third-order valence-corrected chi connectivity index (χ3v) is 11.7. The van der Waals surface area contributed by atoms with Gasteiger partial charge in [-0.3, -0.25) is 0 Å². The summed E-state index contributed by atoms with van der Waals surface area (Å²) in [6, 6.07) is 71.5. The van der Waals surface area contributed by atoms with Crippen LogP contribution in [0, 0.1) is 12.1 Å². The van der Waals surface area contributed by atoms with E-state index in [9.17, 15) is 0 Å². The van der Waals surface area contributed by atoms with Gasteiger partial charge in [0.05, 0.1) is 27.5 Å². The Bertz CT molecular complexity index is 3080. The molecule has 0 bridgehead atoms. The molecule has 4 nitrogen and oxygen atoms in total. The SMILES string of the molecule is c1ccc2c(c#1)c1cccc3c1n2-c1cc(-c2ccc(-c4nc(-c5ccccc5)nc(-c5ccccc5)n4)cc2)ccc1C31c2ccccc2-c2ccccc21. The molecule has 10 aromatic rings. The van der Waals surface area contributed by atoms with Gasteiger partial charge in [-0.15, -0.1) is 0 Å². The van der Waals surface area contributed by atoms with Gasteiger partial charge >= 0.3 is 0 Å². The number of nitrogens with zero attached hydrogens (tertiary/aromatic N) is 4. The highest BCUT2D eigenvalue weighted by Crippen LogP contribution is 2.61. The zero-order chi connectivity index (χ0) is 36.8. The summed E-state index contributed by atoms with van der Waals surface area (Å²) in [7, 11) is 0. The standard InChI is InChI=1S/C52H30N4/c1-3-14-34(15-4-1)49-53-50(35-16-5-2-6-17-35)55-51(54-49)36-28-26-33(27-29-36)37-30-31-44-47(32-37)56-46-25-12-9-20-40(46)41-21-13-24-45(48(41)56)52(44)42-22-10-7-18-38(42)39-19-8-11-23-43(39)52/h1-8,10-19,21-32H. The Kier molecular flexibility index (Phi) is 6.43. The Hall–Kier alpha value is -7.61. The van der Waals surface area contributed by atoms with Crippen molar-refractivity contribution in [1.82, 2.24) is 19.5 Å². The molecule has 3 heterocycles. The Balaban J connectivity index is 1.05. The predicted octanol–water partition coefficient (Wildman–Crippen LogP) is 11.9. The molecule has 4 heteroatoms. The van der Waals surface area contributed by atoms with Gasteiger partial charge < -0.3 is 4.57 Å². The van der Waals surface area contributed by atoms with Crippen LogP contribution >= 0.6 is 0 Å². The smallest absolute Gasteiger partial charge is 0.164 e. The summed E-state index contributed by atoms with van der Waals surface area (Å²) >= 11 is 0. The Morgan fingerprint density at radius 1 is 0.429 bits per heavy atom. The van der Waals surface area contributed by atoms with Crippen LogP contribution in [0.1, 0.15) is 22.3 Å². The number of rotatable bonds is 4. The van der Waals surface area contributed by atoms with E-state index in [0.717, 1.165) is 38.7 Å². The van der Waals surface area contributed by atoms with E-state index in [1.54, 1.807) is 0 Å². The molecule has 0 N–H and O–H groups in total. The zero-order valence-corrected chi connectivity index (χ0v) is 30.1. The van der Waals surface area contributed by atoms with Gasteiger partial charge in [0.25, 0.3) is 0 Å². The van der Waals surface area contributed by atoms with Gasteiger partial charge in [-0.05, 0) is 62.7 Å². The maximum absolute atomic E-state index is 4.97. The van der Waals surface area contributed by atoms with Crippen LogP contribution in [0.4, 0.5) is 0 Å². The maximum atomic E-state index is 4.97. The quantitative estimate of drug-likeness (QED) is 0.183. The molecule has 1 spiro atoms. The van der Waals surface area contributed by atoms with E-state index in [4.69, 9.17) is 15.0 Å². The summed E-state index contributed by atoms with van der Waals surface area (Å²) in [4.78, 5) is 14.8. The molecular formula is C52H30N4. The lowest BCUT2D eigenvalue weighted by atomic mass is 9.65. The molecule has 2 aromatic heterocycles. The summed E-state index contributed by atoms with van der Waals surface area (Å²) in [6.07, 6.45) is 0. The van der Waals surface area contributed by atoms with Gasteiger partial charge in [0, 0.05) is 22.1 Å². The van der Waals surface area contributed by atoms with Gasteiger partial charge in [-0.2, -0.15) is 0 Å². The molecule has 12 rings (SSSR count). The fourth-order valence-electron chi connectivity index (χ4n) is 9.36. The predicted molar refractivity (Wildman–Crippen MR) is 224 cm³/mol. The summed E-state index contributed by atoms with van der Waals surface area (Å²) in [5.74, 6) is 1.94. The van der Waals surface area contributed by atoms with Gasteiger partial charge in [0.1, 0.15) is 0 Å². The highest BCUT2D eigenvalue weighted by molar-refractivity contribution is 6.12. The number of hydrogen-bond acceptors (Lipinski definition) is 3. The van der Waals surface area contributed by atoms with Crippen LogP contribution in [0.25, 0.3) is 83.9 Å². The Morgan fingerprint density at radius 2 is 0.964 bits per heavy atom. The van der Waals surface area contributed by atoms with E-state index >= 15 is 0 Å². The number of fused-ring (bicyclic) bond motifs is 12. The fourth-order valence-corrected chi connectivity index (χ4v) is 9.36. The van der Waals surface area contributed by atoms with Crippen molar-refractivity contribution in [2.75, 3.05) is 0 Å². The van der Waals surface area contributed by atoms with E-state index in [0.29, 0.717) is 17.5 Å². The van der Waals surface area contributed by atoms with Gasteiger partial charge in [0.15, 0.2) is 17.5 Å². The van der Waals surface area contributed by atoms with E-state index in [-0.39, 0.29) is 0 Å². The maximum Gasteiger partial charge on any atom is 0.164 e. The molecule has 0 atom stereocenters. The van der Waals surface area contributed by atoms with Crippen LogP contribution in [-0.4, -0.2) is 19.5 Å². The van der Waals surface area contributed by atoms with Crippen LogP contribution in [0.3, 0.4) is 0 Å². The van der Waals surface area contributed by atoms with Crippen molar-refractivity contribution in [3.05, 3.63) is 216 Å². The van der Waals surface area contributed by atoms with Crippen molar-refractivity contribution in [3.63, 3.8) is 0 Å². The average Bonchev–Trinajstić information content (AvgIpc) is 3.77. The number of para-hydroxylation sites is 1. The summed E-state index contributed by atoms with van der Waals surface area (Å²) in [5.41, 5.74) is 15.9. The van der Waals surface area contributed by atoms with Crippen LogP contribution in [0.5, 0.6) is 0 Å². The molecule has 56 heavy (non-hydrogen) atoms. The molecule has 8 aromatic carbocycles. The highest BCUT2D eigenvalue weighted by Gasteiger charge is 2.50. The first-order valence-corrected chi connectivity index (χ1v) is 19.0. The normalized spacial score (nSPS) is 13.0. The second-order valence-electron chi connectivity index (χ2n) is 14.6. The minimum Gasteiger partial charge on any atom is -0.308 e. The largest absolute Gasteiger partial charge is 0.308 e. The van der Waals surface area contributed by atoms with Crippen molar-refractivity contribution >= 4 is 21.8 Å². The minimum absolute atomic E-state index is 0.482. The molecular weight excluding hydrogens is 681 g/mol. The van der Waals surface area contributed by atoms with Crippen molar-refractivity contribution < 1.29 is 0 Å². The van der Waals surface area contributed by atoms with Crippen molar-refractivity contribution in [3.8, 4) is 62.1 Å². The minimum atomic E-state index is -0.482. The fraction of sp³-hybridized carbons (Fsp3) is 0.0192. The van der Waals surface area contributed by atoms with Crippen molar-refractivity contribution in [2.45, 2.75) is 5.41 Å². The van der Waals surface area contributed by atoms with E-state index in [2.05, 4.69) is 132 Å². The zero-order valence-electron chi connectivity index (χ0n) is 30.1. The van der Waals surface area contributed by atoms with E-state index in [1.807, 2.05) is 66.7 Å². The molecule has 0 amide bonds. The second-order valence-corrected chi connectivity index (χ2v) is 14.6. The first-order valence-electron chi connectivity index (χ1n) is 19.0. The van der Waals surface area contributed by atoms with Crippen LogP contribution < -0.4 is 0 Å². The molecule has 0 fully saturated rings. The lowest BCUT2D eigenvalue weighted by molar-refractivity contribution is 0.748. The van der Waals surface area contributed by atoms with Crippen LogP contribution in [0.15, 0.2) is 182 Å². The second kappa shape index (κ2) is 11.7. The van der Waals surface area contributed by atoms with Crippen LogP contribution in [-0.2, 0) is 5.41 Å². The lowest BCUT2D eigenvalue weighted by Crippen LogP contribution is -2.33. The molecule has 0 saturated carbocycles. The molecule has 1 aliphatic heterocycles. The highest BCUT2D eigenvalue weighted by atomic mass is 15.0. The molecule has 0 radical (unpaired) electrons. The van der Waals surface area contributed by atoms with Gasteiger partial charge in [0.2, 0.25) is 0 Å². The first-order chi connectivity index (χ1) is 27.8. The summed E-state index contributed by atoms with van der Waals surface area (Å²) < 4.78 is 2.47. The van der Waals surface area contributed by atoms with Crippen molar-refractivity contribution in [1.29, 1.82) is 0 Å². The summed E-state index contributed by atoms with van der Waals surface area (Å²) in [5, 5.41) is 2.28. The molecule has 1 aliphatic carbocycles. The third-order valence-electron chi connectivity index (χ3n) is 11.7. The van der Waals surface area contributed by atoms with Gasteiger partial charge in [-0.25, -0.2) is 15.0 Å². The van der Waals surface area contributed by atoms with E-state index in [1.165, 1.54) is 50.0 Å². The first kappa shape index (κ1) is 30.8. The monoisotopic (exact) mass is 710 g/mol. The number of benzene rings is 7. The van der Waals surface area contributed by atoms with Gasteiger partial charge in [-0.1, -0.05) is 176 Å². The van der Waals surface area contributed by atoms with E-state index < -0.39 is 5.41 Å². The molecule has 0 unspecified atom stereocenters. The molecule has 258 valence electrons. The molecule has 0 saturated heterocycles. The number of hydrogen-bond donors (Lipinski definition) is 0. The average molecular weight is 711 g/mol. The van der Waals surface area contributed by atoms with Crippen molar-refractivity contribution in [2.24, 2.45) is 0 Å². The molecule has 2 aliphatic rings. The summed E-state index contributed by atoms with van der Waals surface area (Å²) in [6.45, 7) is 0. The Morgan fingerprint density at radius 3 is 1.61 bits per heavy atom. The Labute approximate surface area is 324 Å². The number of aromatic nitrogens is 4. The third kappa shape index (κ3) is 4.23.